The molecule has 1 N–H and O–H groups in total. The molecule has 0 atom stereocenters. The maximum Gasteiger partial charge on any atom is 0.255 e. The topological polar surface area (TPSA) is 64.9 Å². The summed E-state index contributed by atoms with van der Waals surface area (Å²) in [6.45, 7) is 2.06. The predicted octanol–water partition coefficient (Wildman–Crippen LogP) is 4.64. The molecule has 0 saturated carbocycles. The van der Waals surface area contributed by atoms with E-state index in [9.17, 15) is 4.79 Å². The second-order valence-electron chi connectivity index (χ2n) is 6.29. The van der Waals surface area contributed by atoms with Crippen molar-refractivity contribution in [1.82, 2.24) is 9.38 Å². The van der Waals surface area contributed by atoms with Gasteiger partial charge in [-0.15, -0.1) is 11.3 Å². The molecule has 0 aliphatic carbocycles. The third kappa shape index (κ3) is 3.57. The number of hydrogen-bond donors (Lipinski definition) is 1. The summed E-state index contributed by atoms with van der Waals surface area (Å²) in [5.74, 6) is 0.883. The molecule has 0 bridgehead atoms. The summed E-state index contributed by atoms with van der Waals surface area (Å²) >= 11 is 1.65. The van der Waals surface area contributed by atoms with Gasteiger partial charge >= 0.3 is 0 Å². The van der Waals surface area contributed by atoms with Crippen molar-refractivity contribution in [1.29, 1.82) is 0 Å². The highest BCUT2D eigenvalue weighted by atomic mass is 32.1. The first-order valence-electron chi connectivity index (χ1n) is 8.66. The monoisotopic (exact) mass is 393 g/mol. The molecular weight excluding hydrogens is 374 g/mol. The van der Waals surface area contributed by atoms with Crippen molar-refractivity contribution < 1.29 is 14.3 Å². The maximum atomic E-state index is 12.7. The van der Waals surface area contributed by atoms with Gasteiger partial charge in [-0.3, -0.25) is 9.20 Å². The molecule has 2 aromatic heterocycles. The zero-order valence-corrected chi connectivity index (χ0v) is 16.5. The van der Waals surface area contributed by atoms with Crippen LogP contribution in [0.1, 0.15) is 15.2 Å². The maximum absolute atomic E-state index is 12.7. The first-order valence-corrected chi connectivity index (χ1v) is 9.47. The lowest BCUT2D eigenvalue weighted by molar-refractivity contribution is 0.102. The fourth-order valence-corrected chi connectivity index (χ4v) is 3.76. The fraction of sp³-hybridized carbons (Fsp3) is 0.143. The normalized spacial score (nSPS) is 10.8. The predicted molar refractivity (Wildman–Crippen MR) is 111 cm³/mol. The summed E-state index contributed by atoms with van der Waals surface area (Å²) < 4.78 is 12.5. The Hall–Kier alpha value is -3.32. The summed E-state index contributed by atoms with van der Waals surface area (Å²) in [6, 6.07) is 12.7. The highest BCUT2D eigenvalue weighted by molar-refractivity contribution is 7.17. The molecule has 1 amide bonds. The molecule has 2 heterocycles. The number of methoxy groups -OCH3 is 2. The van der Waals surface area contributed by atoms with Gasteiger partial charge in [-0.05, 0) is 31.2 Å². The summed E-state index contributed by atoms with van der Waals surface area (Å²) in [5, 5.41) is 2.93. The van der Waals surface area contributed by atoms with Gasteiger partial charge in [-0.1, -0.05) is 12.1 Å². The molecule has 0 radical (unpaired) electrons. The Labute approximate surface area is 166 Å². The van der Waals surface area contributed by atoms with Crippen LogP contribution in [0.3, 0.4) is 0 Å². The molecule has 0 aliphatic rings. The van der Waals surface area contributed by atoms with Crippen LogP contribution in [0.4, 0.5) is 5.69 Å². The highest BCUT2D eigenvalue weighted by Crippen LogP contribution is 2.27. The van der Waals surface area contributed by atoms with E-state index in [0.717, 1.165) is 16.2 Å². The van der Waals surface area contributed by atoms with Crippen LogP contribution in [0, 0.1) is 6.92 Å². The molecule has 4 rings (SSSR count). The number of thiazole rings is 1. The third-order valence-electron chi connectivity index (χ3n) is 4.30. The van der Waals surface area contributed by atoms with E-state index in [0.29, 0.717) is 22.7 Å². The van der Waals surface area contributed by atoms with E-state index < -0.39 is 0 Å². The van der Waals surface area contributed by atoms with Gasteiger partial charge in [0.2, 0.25) is 0 Å². The number of aryl methyl sites for hydroxylation is 1. The fourth-order valence-electron chi connectivity index (χ4n) is 2.95. The number of carbonyl (C=O) groups excluding carboxylic acids is 1. The summed E-state index contributed by atoms with van der Waals surface area (Å²) in [7, 11) is 3.11. The van der Waals surface area contributed by atoms with E-state index >= 15 is 0 Å². The van der Waals surface area contributed by atoms with E-state index in [4.69, 9.17) is 9.47 Å². The quantitative estimate of drug-likeness (QED) is 0.536. The minimum absolute atomic E-state index is 0.240. The van der Waals surface area contributed by atoms with Gasteiger partial charge in [0.05, 0.1) is 19.9 Å². The molecule has 2 aromatic carbocycles. The van der Waals surface area contributed by atoms with E-state index in [1.165, 1.54) is 4.88 Å². The number of amides is 1. The molecule has 0 fully saturated rings. The SMILES string of the molecule is COc1cc(OC)cc(C(=O)Nc2cccc(-c3cn4cc(C)sc4n3)c2)c1. The van der Waals surface area contributed by atoms with Gasteiger partial charge in [0.25, 0.3) is 5.91 Å². The van der Waals surface area contributed by atoms with Gasteiger partial charge in [0.15, 0.2) is 4.96 Å². The van der Waals surface area contributed by atoms with Gasteiger partial charge < -0.3 is 14.8 Å². The number of hydrogen-bond acceptors (Lipinski definition) is 5. The minimum Gasteiger partial charge on any atom is -0.497 e. The van der Waals surface area contributed by atoms with Crippen LogP contribution in [0.5, 0.6) is 11.5 Å². The molecule has 0 aliphatic heterocycles. The Balaban J connectivity index is 1.59. The lowest BCUT2D eigenvalue weighted by Gasteiger charge is -2.10. The molecule has 0 spiro atoms. The number of benzene rings is 2. The smallest absolute Gasteiger partial charge is 0.255 e. The number of nitrogens with zero attached hydrogens (tertiary/aromatic N) is 2. The Morgan fingerprint density at radius 1 is 1.07 bits per heavy atom. The zero-order chi connectivity index (χ0) is 19.7. The molecule has 0 saturated heterocycles. The van der Waals surface area contributed by atoms with Crippen LogP contribution in [-0.2, 0) is 0 Å². The number of ether oxygens (including phenoxy) is 2. The lowest BCUT2D eigenvalue weighted by Crippen LogP contribution is -2.12. The largest absolute Gasteiger partial charge is 0.497 e. The van der Waals surface area contributed by atoms with Crippen LogP contribution >= 0.6 is 11.3 Å². The first kappa shape index (κ1) is 18.1. The zero-order valence-electron chi connectivity index (χ0n) is 15.7. The molecule has 142 valence electrons. The Morgan fingerprint density at radius 2 is 1.82 bits per heavy atom. The van der Waals surface area contributed by atoms with Crippen molar-refractivity contribution >= 4 is 27.9 Å². The summed E-state index contributed by atoms with van der Waals surface area (Å²) in [5.41, 5.74) is 2.95. The number of carbonyl (C=O) groups is 1. The van der Waals surface area contributed by atoms with Gasteiger partial charge in [-0.2, -0.15) is 0 Å². The van der Waals surface area contributed by atoms with Crippen LogP contribution in [0.25, 0.3) is 16.2 Å². The van der Waals surface area contributed by atoms with Crippen LogP contribution in [-0.4, -0.2) is 29.5 Å². The van der Waals surface area contributed by atoms with Gasteiger partial charge in [0, 0.05) is 40.2 Å². The molecule has 28 heavy (non-hydrogen) atoms. The third-order valence-corrected chi connectivity index (χ3v) is 5.21. The van der Waals surface area contributed by atoms with E-state index in [1.54, 1.807) is 43.8 Å². The van der Waals surface area contributed by atoms with Crippen molar-refractivity contribution in [2.45, 2.75) is 6.92 Å². The average Bonchev–Trinajstić information content (AvgIpc) is 3.25. The second kappa shape index (κ2) is 7.36. The Kier molecular flexibility index (Phi) is 4.75. The van der Waals surface area contributed by atoms with Crippen LogP contribution in [0.2, 0.25) is 0 Å². The minimum atomic E-state index is -0.240. The number of imidazole rings is 1. The number of nitrogens with one attached hydrogen (secondary N) is 1. The van der Waals surface area contributed by atoms with Crippen molar-refractivity contribution in [2.75, 3.05) is 19.5 Å². The molecule has 7 heteroatoms. The number of rotatable bonds is 5. The van der Waals surface area contributed by atoms with E-state index in [2.05, 4.69) is 23.4 Å². The number of aromatic nitrogens is 2. The Morgan fingerprint density at radius 3 is 2.50 bits per heavy atom. The molecule has 6 nitrogen and oxygen atoms in total. The standard InChI is InChI=1S/C21H19N3O3S/c1-13-11-24-12-19(23-21(24)28-13)14-5-4-6-16(7-14)22-20(25)15-8-17(26-2)10-18(9-15)27-3/h4-12H,1-3H3,(H,22,25). The summed E-state index contributed by atoms with van der Waals surface area (Å²) in [6.07, 6.45) is 4.05. The highest BCUT2D eigenvalue weighted by Gasteiger charge is 2.12. The van der Waals surface area contributed by atoms with E-state index in [1.807, 2.05) is 34.9 Å². The molecular formula is C21H19N3O3S. The molecule has 4 aromatic rings. The van der Waals surface area contributed by atoms with Crippen LogP contribution < -0.4 is 14.8 Å². The van der Waals surface area contributed by atoms with Gasteiger partial charge in [0.1, 0.15) is 11.5 Å². The molecule has 0 unspecified atom stereocenters. The van der Waals surface area contributed by atoms with Crippen molar-refractivity contribution in [2.24, 2.45) is 0 Å². The Bertz CT molecular complexity index is 1110. The van der Waals surface area contributed by atoms with E-state index in [-0.39, 0.29) is 5.91 Å². The second-order valence-corrected chi connectivity index (χ2v) is 7.51. The van der Waals surface area contributed by atoms with Crippen LogP contribution in [0.15, 0.2) is 54.9 Å². The summed E-state index contributed by atoms with van der Waals surface area (Å²) in [4.78, 5) is 19.5. The number of anilines is 1. The lowest BCUT2D eigenvalue weighted by atomic mass is 10.1. The van der Waals surface area contributed by atoms with Gasteiger partial charge in [-0.25, -0.2) is 4.98 Å². The van der Waals surface area contributed by atoms with Crippen molar-refractivity contribution in [3.05, 3.63) is 65.3 Å². The van der Waals surface area contributed by atoms with Crippen molar-refractivity contribution in [3.63, 3.8) is 0 Å². The number of fused-ring (bicyclic) bond motifs is 1. The average molecular weight is 393 g/mol. The first-order chi connectivity index (χ1) is 13.6. The van der Waals surface area contributed by atoms with Crippen molar-refractivity contribution in [3.8, 4) is 22.8 Å².